The summed E-state index contributed by atoms with van der Waals surface area (Å²) in [6.45, 7) is 4.44. The highest BCUT2D eigenvalue weighted by atomic mass is 32.2. The Bertz CT molecular complexity index is 887. The molecule has 1 aromatic carbocycles. The van der Waals surface area contributed by atoms with E-state index in [1.807, 2.05) is 0 Å². The lowest BCUT2D eigenvalue weighted by Crippen LogP contribution is -2.41. The maximum atomic E-state index is 12.5. The van der Waals surface area contributed by atoms with Crippen LogP contribution in [-0.2, 0) is 14.8 Å². The number of sulfonamides is 1. The monoisotopic (exact) mass is 383 g/mol. The van der Waals surface area contributed by atoms with E-state index in [4.69, 9.17) is 14.0 Å². The molecule has 0 bridgehead atoms. The van der Waals surface area contributed by atoms with Crippen LogP contribution in [0.3, 0.4) is 0 Å². The van der Waals surface area contributed by atoms with E-state index in [1.165, 1.54) is 35.0 Å². The van der Waals surface area contributed by atoms with Gasteiger partial charge in [0.15, 0.2) is 17.3 Å². The van der Waals surface area contributed by atoms with Crippen LogP contribution in [0, 0.1) is 13.8 Å². The minimum absolute atomic E-state index is 0.0664. The number of benzene rings is 1. The van der Waals surface area contributed by atoms with Gasteiger partial charge in [0.05, 0.1) is 20.3 Å². The van der Waals surface area contributed by atoms with E-state index in [1.54, 1.807) is 18.2 Å². The van der Waals surface area contributed by atoms with Gasteiger partial charge in [0.2, 0.25) is 15.9 Å². The number of hydrogen-bond acceptors (Lipinski definition) is 7. The van der Waals surface area contributed by atoms with E-state index in [2.05, 4.69) is 15.2 Å². The zero-order valence-electron chi connectivity index (χ0n) is 15.1. The van der Waals surface area contributed by atoms with Gasteiger partial charge in [-0.15, -0.1) is 0 Å². The molecule has 2 N–H and O–H groups in total. The molecule has 26 heavy (non-hydrogen) atoms. The van der Waals surface area contributed by atoms with Gasteiger partial charge in [0.25, 0.3) is 0 Å². The quantitative estimate of drug-likeness (QED) is 0.745. The van der Waals surface area contributed by atoms with Crippen molar-refractivity contribution in [3.8, 4) is 11.5 Å². The third kappa shape index (κ3) is 4.14. The van der Waals surface area contributed by atoms with Crippen LogP contribution in [0.25, 0.3) is 0 Å². The fourth-order valence-electron chi connectivity index (χ4n) is 2.37. The number of rotatable bonds is 7. The summed E-state index contributed by atoms with van der Waals surface area (Å²) in [7, 11) is -0.972. The summed E-state index contributed by atoms with van der Waals surface area (Å²) in [5.74, 6) is 0.571. The predicted molar refractivity (Wildman–Crippen MR) is 93.9 cm³/mol. The molecule has 1 atom stereocenters. The first-order chi connectivity index (χ1) is 12.2. The number of methoxy groups -OCH3 is 2. The molecule has 142 valence electrons. The molecular formula is C16H21N3O6S. The molecule has 0 fully saturated rings. The van der Waals surface area contributed by atoms with Crippen molar-refractivity contribution in [1.29, 1.82) is 0 Å². The van der Waals surface area contributed by atoms with E-state index < -0.39 is 22.0 Å². The Morgan fingerprint density at radius 3 is 2.38 bits per heavy atom. The third-order valence-corrected chi connectivity index (χ3v) is 5.40. The molecule has 1 amide bonds. The second kappa shape index (κ2) is 7.75. The molecule has 0 spiro atoms. The maximum absolute atomic E-state index is 12.5. The molecule has 2 aromatic rings. The number of amides is 1. The second-order valence-electron chi connectivity index (χ2n) is 5.56. The van der Waals surface area contributed by atoms with E-state index >= 15 is 0 Å². The Balaban J connectivity index is 2.13. The van der Waals surface area contributed by atoms with Crippen molar-refractivity contribution in [1.82, 2.24) is 9.88 Å². The van der Waals surface area contributed by atoms with Crippen molar-refractivity contribution < 1.29 is 27.2 Å². The maximum Gasteiger partial charge on any atom is 0.246 e. The number of aromatic nitrogens is 1. The molecule has 1 aromatic heterocycles. The van der Waals surface area contributed by atoms with Crippen molar-refractivity contribution in [2.24, 2.45) is 0 Å². The lowest BCUT2D eigenvalue weighted by Gasteiger charge is -2.15. The summed E-state index contributed by atoms with van der Waals surface area (Å²) in [6.07, 6.45) is 0. The Morgan fingerprint density at radius 2 is 1.85 bits per heavy atom. The molecule has 1 heterocycles. The number of carbonyl (C=O) groups is 1. The van der Waals surface area contributed by atoms with Gasteiger partial charge in [-0.1, -0.05) is 5.16 Å². The summed E-state index contributed by atoms with van der Waals surface area (Å²) in [5, 5.41) is 6.24. The van der Waals surface area contributed by atoms with Crippen LogP contribution < -0.4 is 19.5 Å². The fourth-order valence-corrected chi connectivity index (χ4v) is 3.90. The topological polar surface area (TPSA) is 120 Å². The van der Waals surface area contributed by atoms with E-state index in [0.29, 0.717) is 17.2 Å². The molecule has 10 heteroatoms. The molecule has 0 aliphatic rings. The number of aryl methyl sites for hydroxylation is 2. The molecular weight excluding hydrogens is 362 g/mol. The minimum Gasteiger partial charge on any atom is -0.493 e. The van der Waals surface area contributed by atoms with Crippen LogP contribution in [0.15, 0.2) is 27.6 Å². The minimum atomic E-state index is -3.95. The zero-order valence-corrected chi connectivity index (χ0v) is 15.9. The Labute approximate surface area is 151 Å². The normalized spacial score (nSPS) is 12.5. The lowest BCUT2D eigenvalue weighted by molar-refractivity contribution is -0.117. The van der Waals surface area contributed by atoms with Crippen LogP contribution in [-0.4, -0.2) is 39.7 Å². The van der Waals surface area contributed by atoms with Gasteiger partial charge in [-0.2, -0.15) is 4.72 Å². The average molecular weight is 383 g/mol. The Hall–Kier alpha value is -2.59. The van der Waals surface area contributed by atoms with Gasteiger partial charge in [-0.25, -0.2) is 8.42 Å². The van der Waals surface area contributed by atoms with Crippen LogP contribution >= 0.6 is 0 Å². The van der Waals surface area contributed by atoms with Crippen molar-refractivity contribution in [2.75, 3.05) is 19.5 Å². The fraction of sp³-hybridized carbons (Fsp3) is 0.375. The van der Waals surface area contributed by atoms with Crippen molar-refractivity contribution in [3.63, 3.8) is 0 Å². The molecule has 0 radical (unpaired) electrons. The van der Waals surface area contributed by atoms with Crippen LogP contribution in [0.1, 0.15) is 18.4 Å². The highest BCUT2D eigenvalue weighted by Crippen LogP contribution is 2.29. The highest BCUT2D eigenvalue weighted by Gasteiger charge is 2.28. The number of anilines is 1. The van der Waals surface area contributed by atoms with Crippen molar-refractivity contribution >= 4 is 21.6 Å². The second-order valence-corrected chi connectivity index (χ2v) is 7.21. The highest BCUT2D eigenvalue weighted by molar-refractivity contribution is 7.89. The largest absolute Gasteiger partial charge is 0.493 e. The van der Waals surface area contributed by atoms with Crippen LogP contribution in [0.2, 0.25) is 0 Å². The molecule has 0 aliphatic heterocycles. The summed E-state index contributed by atoms with van der Waals surface area (Å²) in [5.41, 5.74) is 0.665. The number of carbonyl (C=O) groups excluding carboxylic acids is 1. The van der Waals surface area contributed by atoms with Gasteiger partial charge >= 0.3 is 0 Å². The molecule has 0 aliphatic carbocycles. The molecule has 0 saturated carbocycles. The van der Waals surface area contributed by atoms with E-state index in [9.17, 15) is 13.2 Å². The van der Waals surface area contributed by atoms with Crippen LogP contribution in [0.4, 0.5) is 5.69 Å². The summed E-state index contributed by atoms with van der Waals surface area (Å²) < 4.78 is 42.4. The first-order valence-electron chi connectivity index (χ1n) is 7.67. The smallest absolute Gasteiger partial charge is 0.246 e. The Kier molecular flexibility index (Phi) is 5.88. The Morgan fingerprint density at radius 1 is 1.19 bits per heavy atom. The predicted octanol–water partition coefficient (Wildman–Crippen LogP) is 1.61. The summed E-state index contributed by atoms with van der Waals surface area (Å²) >= 11 is 0. The number of hydrogen-bond donors (Lipinski definition) is 2. The number of nitrogens with one attached hydrogen (secondary N) is 2. The number of nitrogens with zero attached hydrogens (tertiary/aromatic N) is 1. The summed E-state index contributed by atoms with van der Waals surface area (Å²) in [4.78, 5) is 12.3. The first kappa shape index (κ1) is 19.7. The molecule has 0 unspecified atom stereocenters. The molecule has 9 nitrogen and oxygen atoms in total. The summed E-state index contributed by atoms with van der Waals surface area (Å²) in [6, 6.07) is 3.80. The SMILES string of the molecule is COc1ccc(NC(=O)[C@H](C)NS(=O)(=O)c2c(C)noc2C)cc1OC. The van der Waals surface area contributed by atoms with Crippen molar-refractivity contribution in [2.45, 2.75) is 31.7 Å². The lowest BCUT2D eigenvalue weighted by atomic mass is 10.2. The standard InChI is InChI=1S/C16H21N3O6S/c1-9-15(11(3)25-18-9)26(21,22)19-10(2)16(20)17-12-6-7-13(23-4)14(8-12)24-5/h6-8,10,19H,1-5H3,(H,17,20)/t10-/m0/s1. The van der Waals surface area contributed by atoms with Gasteiger partial charge in [0, 0.05) is 11.8 Å². The van der Waals surface area contributed by atoms with Gasteiger partial charge in [0.1, 0.15) is 10.6 Å². The molecule has 2 rings (SSSR count). The van der Waals surface area contributed by atoms with Crippen LogP contribution in [0.5, 0.6) is 11.5 Å². The van der Waals surface area contributed by atoms with E-state index in [0.717, 1.165) is 0 Å². The van der Waals surface area contributed by atoms with Gasteiger partial charge in [-0.3, -0.25) is 4.79 Å². The van der Waals surface area contributed by atoms with Crippen molar-refractivity contribution in [3.05, 3.63) is 29.7 Å². The molecule has 0 saturated heterocycles. The van der Waals surface area contributed by atoms with E-state index in [-0.39, 0.29) is 16.3 Å². The first-order valence-corrected chi connectivity index (χ1v) is 9.16. The number of ether oxygens (including phenoxy) is 2. The van der Waals surface area contributed by atoms with Gasteiger partial charge in [-0.05, 0) is 32.9 Å². The van der Waals surface area contributed by atoms with Gasteiger partial charge < -0.3 is 19.3 Å². The average Bonchev–Trinajstić information content (AvgIpc) is 2.93. The third-order valence-electron chi connectivity index (χ3n) is 3.61. The zero-order chi connectivity index (χ0) is 19.5.